The molecular weight excluding hydrogens is 232 g/mol. The highest BCUT2D eigenvalue weighted by Gasteiger charge is 2.10. The second-order valence-electron chi connectivity index (χ2n) is 3.99. The van der Waals surface area contributed by atoms with E-state index in [2.05, 4.69) is 20.8 Å². The molecule has 0 spiro atoms. The van der Waals surface area contributed by atoms with Crippen molar-refractivity contribution in [3.05, 3.63) is 46.2 Å². The van der Waals surface area contributed by atoms with Crippen LogP contribution in [0.2, 0.25) is 0 Å². The number of rotatable bonds is 5. The molecule has 1 unspecified atom stereocenters. The summed E-state index contributed by atoms with van der Waals surface area (Å²) in [7, 11) is 0. The standard InChI is InChI=1S/C12H16N4S/c1-9-15-12(8-17-9)7-11(16-13)6-10-2-4-14-5-3-10/h2-5,8,11,16H,6-7,13H2,1H3. The molecule has 0 aliphatic carbocycles. The molecule has 0 aliphatic heterocycles. The third-order valence-corrected chi connectivity index (χ3v) is 3.41. The highest BCUT2D eigenvalue weighted by molar-refractivity contribution is 7.09. The third-order valence-electron chi connectivity index (χ3n) is 2.59. The van der Waals surface area contributed by atoms with Gasteiger partial charge in [0.15, 0.2) is 0 Å². The number of pyridine rings is 1. The minimum atomic E-state index is 0.207. The number of nitrogens with one attached hydrogen (secondary N) is 1. The van der Waals surface area contributed by atoms with Crippen LogP contribution >= 0.6 is 11.3 Å². The molecule has 0 aromatic carbocycles. The number of thiazole rings is 1. The molecule has 2 rings (SSSR count). The Balaban J connectivity index is 1.98. The summed E-state index contributed by atoms with van der Waals surface area (Å²) in [6, 6.07) is 4.23. The normalized spacial score (nSPS) is 12.6. The van der Waals surface area contributed by atoms with Gasteiger partial charge in [0.25, 0.3) is 0 Å². The van der Waals surface area contributed by atoms with Crippen molar-refractivity contribution in [2.75, 3.05) is 0 Å². The second-order valence-corrected chi connectivity index (χ2v) is 5.05. The number of aromatic nitrogens is 2. The highest BCUT2D eigenvalue weighted by Crippen LogP contribution is 2.11. The summed E-state index contributed by atoms with van der Waals surface area (Å²) < 4.78 is 0. The van der Waals surface area contributed by atoms with E-state index in [4.69, 9.17) is 5.84 Å². The van der Waals surface area contributed by atoms with Crippen molar-refractivity contribution in [1.29, 1.82) is 0 Å². The molecular formula is C12H16N4S. The quantitative estimate of drug-likeness (QED) is 0.621. The van der Waals surface area contributed by atoms with E-state index in [1.54, 1.807) is 23.7 Å². The number of nitrogens with two attached hydrogens (primary N) is 1. The number of aryl methyl sites for hydroxylation is 1. The van der Waals surface area contributed by atoms with Crippen molar-refractivity contribution >= 4 is 11.3 Å². The zero-order chi connectivity index (χ0) is 12.1. The first-order valence-corrected chi connectivity index (χ1v) is 6.42. The molecule has 2 aromatic heterocycles. The fraction of sp³-hybridized carbons (Fsp3) is 0.333. The fourth-order valence-electron chi connectivity index (χ4n) is 1.75. The van der Waals surface area contributed by atoms with Gasteiger partial charge >= 0.3 is 0 Å². The first kappa shape index (κ1) is 12.2. The van der Waals surface area contributed by atoms with Gasteiger partial charge in [-0.15, -0.1) is 11.3 Å². The summed E-state index contributed by atoms with van der Waals surface area (Å²) in [6.07, 6.45) is 5.34. The van der Waals surface area contributed by atoms with Gasteiger partial charge in [-0.1, -0.05) is 0 Å². The van der Waals surface area contributed by atoms with Crippen molar-refractivity contribution in [2.45, 2.75) is 25.8 Å². The van der Waals surface area contributed by atoms with Gasteiger partial charge in [0, 0.05) is 30.2 Å². The van der Waals surface area contributed by atoms with Gasteiger partial charge in [-0.3, -0.25) is 16.3 Å². The van der Waals surface area contributed by atoms with E-state index in [0.717, 1.165) is 23.5 Å². The maximum absolute atomic E-state index is 5.59. The Hall–Kier alpha value is -1.30. The lowest BCUT2D eigenvalue weighted by atomic mass is 10.0. The Morgan fingerprint density at radius 3 is 2.71 bits per heavy atom. The minimum absolute atomic E-state index is 0.207. The summed E-state index contributed by atoms with van der Waals surface area (Å²) >= 11 is 1.67. The fourth-order valence-corrected chi connectivity index (χ4v) is 2.37. The molecule has 3 N–H and O–H groups in total. The molecule has 0 saturated carbocycles. The summed E-state index contributed by atoms with van der Waals surface area (Å²) in [6.45, 7) is 2.02. The van der Waals surface area contributed by atoms with Crippen molar-refractivity contribution in [3.8, 4) is 0 Å². The predicted molar refractivity (Wildman–Crippen MR) is 69.6 cm³/mol. The molecule has 0 aliphatic rings. The summed E-state index contributed by atoms with van der Waals surface area (Å²) in [5, 5.41) is 3.19. The lowest BCUT2D eigenvalue weighted by molar-refractivity contribution is 0.518. The lowest BCUT2D eigenvalue weighted by Gasteiger charge is -2.14. The van der Waals surface area contributed by atoms with Gasteiger partial charge in [-0.25, -0.2) is 4.98 Å². The van der Waals surface area contributed by atoms with E-state index < -0.39 is 0 Å². The highest BCUT2D eigenvalue weighted by atomic mass is 32.1. The van der Waals surface area contributed by atoms with Crippen LogP contribution in [0.25, 0.3) is 0 Å². The Morgan fingerprint density at radius 1 is 1.35 bits per heavy atom. The van der Waals surface area contributed by atoms with Gasteiger partial charge in [0.2, 0.25) is 0 Å². The van der Waals surface area contributed by atoms with Crippen LogP contribution in [0.4, 0.5) is 0 Å². The van der Waals surface area contributed by atoms with Crippen LogP contribution in [0, 0.1) is 6.92 Å². The molecule has 17 heavy (non-hydrogen) atoms. The zero-order valence-corrected chi connectivity index (χ0v) is 10.6. The van der Waals surface area contributed by atoms with Crippen LogP contribution in [0.1, 0.15) is 16.3 Å². The summed E-state index contributed by atoms with van der Waals surface area (Å²) in [5.41, 5.74) is 5.19. The van der Waals surface area contributed by atoms with Crippen molar-refractivity contribution < 1.29 is 0 Å². The number of hydrogen-bond acceptors (Lipinski definition) is 5. The molecule has 0 radical (unpaired) electrons. The molecule has 0 fully saturated rings. The average Bonchev–Trinajstić information content (AvgIpc) is 2.75. The van der Waals surface area contributed by atoms with Crippen LogP contribution in [0.15, 0.2) is 29.9 Å². The maximum Gasteiger partial charge on any atom is 0.0897 e. The molecule has 2 aromatic rings. The van der Waals surface area contributed by atoms with Gasteiger partial charge in [0.05, 0.1) is 10.7 Å². The van der Waals surface area contributed by atoms with Crippen molar-refractivity contribution in [1.82, 2.24) is 15.4 Å². The van der Waals surface area contributed by atoms with Crippen molar-refractivity contribution in [3.63, 3.8) is 0 Å². The molecule has 1 atom stereocenters. The zero-order valence-electron chi connectivity index (χ0n) is 9.76. The van der Waals surface area contributed by atoms with E-state index in [9.17, 15) is 0 Å². The topological polar surface area (TPSA) is 63.8 Å². The van der Waals surface area contributed by atoms with Gasteiger partial charge < -0.3 is 0 Å². The first-order chi connectivity index (χ1) is 8.28. The second kappa shape index (κ2) is 5.86. The predicted octanol–water partition coefficient (Wildman–Crippen LogP) is 1.46. The van der Waals surface area contributed by atoms with Crippen LogP contribution in [-0.4, -0.2) is 16.0 Å². The summed E-state index contributed by atoms with van der Waals surface area (Å²) in [4.78, 5) is 8.45. The lowest BCUT2D eigenvalue weighted by Crippen LogP contribution is -2.38. The Labute approximate surface area is 105 Å². The Morgan fingerprint density at radius 2 is 2.12 bits per heavy atom. The largest absolute Gasteiger partial charge is 0.271 e. The van der Waals surface area contributed by atoms with Crippen LogP contribution in [-0.2, 0) is 12.8 Å². The monoisotopic (exact) mass is 248 g/mol. The third kappa shape index (κ3) is 3.59. The molecule has 0 amide bonds. The van der Waals surface area contributed by atoms with Crippen LogP contribution in [0.5, 0.6) is 0 Å². The van der Waals surface area contributed by atoms with Crippen molar-refractivity contribution in [2.24, 2.45) is 5.84 Å². The molecule has 0 bridgehead atoms. The molecule has 90 valence electrons. The van der Waals surface area contributed by atoms with Crippen LogP contribution < -0.4 is 11.3 Å². The number of nitrogens with zero attached hydrogens (tertiary/aromatic N) is 2. The van der Waals surface area contributed by atoms with E-state index >= 15 is 0 Å². The molecule has 5 heteroatoms. The van der Waals surface area contributed by atoms with Gasteiger partial charge in [-0.05, 0) is 31.0 Å². The van der Waals surface area contributed by atoms with Crippen LogP contribution in [0.3, 0.4) is 0 Å². The Bertz CT molecular complexity index is 455. The molecule has 4 nitrogen and oxygen atoms in total. The Kier molecular flexibility index (Phi) is 4.19. The number of hydrogen-bond donors (Lipinski definition) is 2. The minimum Gasteiger partial charge on any atom is -0.271 e. The van der Waals surface area contributed by atoms with E-state index in [0.29, 0.717) is 0 Å². The van der Waals surface area contributed by atoms with E-state index in [1.807, 2.05) is 19.1 Å². The van der Waals surface area contributed by atoms with E-state index in [-0.39, 0.29) is 6.04 Å². The maximum atomic E-state index is 5.59. The smallest absolute Gasteiger partial charge is 0.0897 e. The average molecular weight is 248 g/mol. The molecule has 2 heterocycles. The SMILES string of the molecule is Cc1nc(CC(Cc2ccncc2)NN)cs1. The molecule has 0 saturated heterocycles. The summed E-state index contributed by atoms with van der Waals surface area (Å²) in [5.74, 6) is 5.59. The number of hydrazine groups is 1. The van der Waals surface area contributed by atoms with Gasteiger partial charge in [-0.2, -0.15) is 0 Å². The van der Waals surface area contributed by atoms with Gasteiger partial charge in [0.1, 0.15) is 0 Å². The first-order valence-electron chi connectivity index (χ1n) is 5.54. The van der Waals surface area contributed by atoms with E-state index in [1.165, 1.54) is 5.56 Å².